The number of piperidine rings is 1. The number of carbonyl (C=O) groups is 1. The van der Waals surface area contributed by atoms with E-state index in [4.69, 9.17) is 9.26 Å². The topological polar surface area (TPSA) is 58.8 Å². The Labute approximate surface area is 191 Å². The van der Waals surface area contributed by atoms with Gasteiger partial charge >= 0.3 is 0 Å². The molecule has 0 bridgehead atoms. The summed E-state index contributed by atoms with van der Waals surface area (Å²) in [5.74, 6) is 1.45. The normalized spacial score (nSPS) is 20.0. The van der Waals surface area contributed by atoms with Crippen molar-refractivity contribution in [2.75, 3.05) is 32.8 Å². The number of rotatable bonds is 8. The van der Waals surface area contributed by atoms with Crippen LogP contribution in [-0.4, -0.2) is 59.8 Å². The fourth-order valence-electron chi connectivity index (χ4n) is 5.00. The molecule has 0 saturated carbocycles. The molecule has 0 radical (unpaired) electrons. The van der Waals surface area contributed by atoms with E-state index < -0.39 is 0 Å². The van der Waals surface area contributed by atoms with Crippen molar-refractivity contribution in [3.63, 3.8) is 0 Å². The summed E-state index contributed by atoms with van der Waals surface area (Å²) in [6.07, 6.45) is 4.93. The maximum Gasteiger partial charge on any atom is 0.227 e. The molecular formula is C26H37N3O3. The van der Waals surface area contributed by atoms with Crippen molar-refractivity contribution in [1.82, 2.24) is 15.0 Å². The standard InChI is InChI=1S/C26H37N3O3/c1-19-7-4-5-8-23(19)17-28-12-10-22(11-13-28)16-29(18-24-9-6-14-31-24)26(30)15-25-20(2)27-32-21(25)3/h4-5,7-8,22,24H,6,9-18H2,1-3H3/t24-/m0/s1. The van der Waals surface area contributed by atoms with Crippen LogP contribution in [0.5, 0.6) is 0 Å². The van der Waals surface area contributed by atoms with Gasteiger partial charge in [0.2, 0.25) is 5.91 Å². The van der Waals surface area contributed by atoms with Crippen LogP contribution in [0.3, 0.4) is 0 Å². The number of benzene rings is 1. The number of nitrogens with zero attached hydrogens (tertiary/aromatic N) is 3. The smallest absolute Gasteiger partial charge is 0.227 e. The minimum Gasteiger partial charge on any atom is -0.376 e. The Hall–Kier alpha value is -2.18. The molecule has 32 heavy (non-hydrogen) atoms. The third-order valence-electron chi connectivity index (χ3n) is 7.15. The van der Waals surface area contributed by atoms with E-state index in [1.54, 1.807) is 0 Å². The van der Waals surface area contributed by atoms with E-state index in [1.165, 1.54) is 11.1 Å². The van der Waals surface area contributed by atoms with Crippen LogP contribution in [0.4, 0.5) is 0 Å². The summed E-state index contributed by atoms with van der Waals surface area (Å²) < 4.78 is 11.1. The minimum absolute atomic E-state index is 0.164. The summed E-state index contributed by atoms with van der Waals surface area (Å²) >= 11 is 0. The molecule has 0 N–H and O–H groups in total. The van der Waals surface area contributed by atoms with Crippen LogP contribution in [0.25, 0.3) is 0 Å². The van der Waals surface area contributed by atoms with Gasteiger partial charge in [-0.3, -0.25) is 9.69 Å². The second-order valence-electron chi connectivity index (χ2n) is 9.56. The third kappa shape index (κ3) is 5.78. The predicted octanol–water partition coefficient (Wildman–Crippen LogP) is 4.06. The molecule has 1 atom stereocenters. The second kappa shape index (κ2) is 10.6. The summed E-state index contributed by atoms with van der Waals surface area (Å²) in [5, 5.41) is 4.02. The van der Waals surface area contributed by atoms with Crippen LogP contribution in [0.15, 0.2) is 28.8 Å². The van der Waals surface area contributed by atoms with Gasteiger partial charge in [0, 0.05) is 31.8 Å². The van der Waals surface area contributed by atoms with Crippen LogP contribution < -0.4 is 0 Å². The van der Waals surface area contributed by atoms with Gasteiger partial charge in [-0.05, 0) is 76.6 Å². The maximum atomic E-state index is 13.3. The zero-order valence-corrected chi connectivity index (χ0v) is 19.8. The van der Waals surface area contributed by atoms with Gasteiger partial charge in [0.15, 0.2) is 0 Å². The minimum atomic E-state index is 0.164. The molecule has 6 nitrogen and oxygen atoms in total. The molecule has 2 aromatic rings. The lowest BCUT2D eigenvalue weighted by molar-refractivity contribution is -0.133. The first-order chi connectivity index (χ1) is 15.5. The highest BCUT2D eigenvalue weighted by Gasteiger charge is 2.28. The summed E-state index contributed by atoms with van der Waals surface area (Å²) in [6, 6.07) is 8.66. The molecule has 4 rings (SSSR count). The molecule has 0 unspecified atom stereocenters. The van der Waals surface area contributed by atoms with Gasteiger partial charge in [0.25, 0.3) is 0 Å². The van der Waals surface area contributed by atoms with E-state index in [2.05, 4.69) is 46.1 Å². The van der Waals surface area contributed by atoms with E-state index in [1.807, 2.05) is 13.8 Å². The molecule has 2 aliphatic heterocycles. The van der Waals surface area contributed by atoms with E-state index >= 15 is 0 Å². The Morgan fingerprint density at radius 3 is 2.56 bits per heavy atom. The number of aryl methyl sites for hydroxylation is 3. The Kier molecular flexibility index (Phi) is 7.63. The van der Waals surface area contributed by atoms with Crippen LogP contribution in [0, 0.1) is 26.7 Å². The van der Waals surface area contributed by atoms with Crippen LogP contribution in [0.1, 0.15) is 53.8 Å². The molecule has 2 aliphatic rings. The lowest BCUT2D eigenvalue weighted by atomic mass is 9.95. The highest BCUT2D eigenvalue weighted by Crippen LogP contribution is 2.23. The average Bonchev–Trinajstić information content (AvgIpc) is 3.41. The fraction of sp³-hybridized carbons (Fsp3) is 0.615. The number of likely N-dealkylation sites (tertiary alicyclic amines) is 1. The second-order valence-corrected chi connectivity index (χ2v) is 9.56. The van der Waals surface area contributed by atoms with Crippen LogP contribution >= 0.6 is 0 Å². The largest absolute Gasteiger partial charge is 0.376 e. The molecule has 1 aromatic carbocycles. The zero-order valence-electron chi connectivity index (χ0n) is 19.8. The quantitative estimate of drug-likeness (QED) is 0.621. The Balaban J connectivity index is 1.34. The highest BCUT2D eigenvalue weighted by atomic mass is 16.5. The van der Waals surface area contributed by atoms with Gasteiger partial charge in [0.1, 0.15) is 5.76 Å². The number of ether oxygens (including phenoxy) is 1. The SMILES string of the molecule is Cc1ccccc1CN1CCC(CN(C[C@@H]2CCCO2)C(=O)Cc2c(C)noc2C)CC1. The third-order valence-corrected chi connectivity index (χ3v) is 7.15. The Morgan fingerprint density at radius 1 is 1.12 bits per heavy atom. The van der Waals surface area contributed by atoms with Crippen LogP contribution in [-0.2, 0) is 22.5 Å². The number of carbonyl (C=O) groups excluding carboxylic acids is 1. The van der Waals surface area contributed by atoms with Crippen molar-refractivity contribution >= 4 is 5.91 Å². The Morgan fingerprint density at radius 2 is 1.91 bits per heavy atom. The first kappa shape index (κ1) is 23.0. The van der Waals surface area contributed by atoms with E-state index in [9.17, 15) is 4.79 Å². The van der Waals surface area contributed by atoms with Crippen molar-refractivity contribution in [1.29, 1.82) is 0 Å². The van der Waals surface area contributed by atoms with Gasteiger partial charge in [-0.15, -0.1) is 0 Å². The Bertz CT molecular complexity index is 876. The van der Waals surface area contributed by atoms with Crippen molar-refractivity contribution in [2.24, 2.45) is 5.92 Å². The van der Waals surface area contributed by atoms with Crippen molar-refractivity contribution in [3.05, 3.63) is 52.4 Å². The lowest BCUT2D eigenvalue weighted by Crippen LogP contribution is -2.44. The molecule has 2 saturated heterocycles. The molecule has 2 fully saturated rings. The monoisotopic (exact) mass is 439 g/mol. The zero-order chi connectivity index (χ0) is 22.5. The van der Waals surface area contributed by atoms with Crippen molar-refractivity contribution in [3.8, 4) is 0 Å². The molecule has 0 spiro atoms. The molecule has 1 aromatic heterocycles. The van der Waals surface area contributed by atoms with Crippen LogP contribution in [0.2, 0.25) is 0 Å². The van der Waals surface area contributed by atoms with Gasteiger partial charge in [-0.2, -0.15) is 0 Å². The number of aromatic nitrogens is 1. The van der Waals surface area contributed by atoms with E-state index in [-0.39, 0.29) is 12.0 Å². The van der Waals surface area contributed by atoms with Gasteiger partial charge in [-0.25, -0.2) is 0 Å². The summed E-state index contributed by atoms with van der Waals surface area (Å²) in [4.78, 5) is 17.9. The van der Waals surface area contributed by atoms with Gasteiger partial charge in [-0.1, -0.05) is 29.4 Å². The average molecular weight is 440 g/mol. The number of hydrogen-bond acceptors (Lipinski definition) is 5. The molecule has 0 aliphatic carbocycles. The predicted molar refractivity (Wildman–Crippen MR) is 124 cm³/mol. The maximum absolute atomic E-state index is 13.3. The number of hydrogen-bond donors (Lipinski definition) is 0. The summed E-state index contributed by atoms with van der Waals surface area (Å²) in [5.41, 5.74) is 4.53. The molecule has 174 valence electrons. The summed E-state index contributed by atoms with van der Waals surface area (Å²) in [7, 11) is 0. The van der Waals surface area contributed by atoms with E-state index in [0.29, 0.717) is 18.9 Å². The first-order valence-corrected chi connectivity index (χ1v) is 12.1. The fourth-order valence-corrected chi connectivity index (χ4v) is 5.00. The van der Waals surface area contributed by atoms with Crippen molar-refractivity contribution in [2.45, 2.75) is 65.5 Å². The van der Waals surface area contributed by atoms with E-state index in [0.717, 1.165) is 75.5 Å². The molecule has 3 heterocycles. The molecular weight excluding hydrogens is 402 g/mol. The first-order valence-electron chi connectivity index (χ1n) is 12.1. The molecule has 1 amide bonds. The van der Waals surface area contributed by atoms with Gasteiger partial charge in [0.05, 0.1) is 18.2 Å². The highest BCUT2D eigenvalue weighted by molar-refractivity contribution is 5.79. The lowest BCUT2D eigenvalue weighted by Gasteiger charge is -2.36. The van der Waals surface area contributed by atoms with Gasteiger partial charge < -0.3 is 14.2 Å². The summed E-state index contributed by atoms with van der Waals surface area (Å²) in [6.45, 7) is 11.5. The van der Waals surface area contributed by atoms with Crippen molar-refractivity contribution < 1.29 is 14.1 Å². The molecule has 6 heteroatoms. The number of amides is 1.